The smallest absolute Gasteiger partial charge is 0.496 e. The molecule has 8 aromatic rings. The number of fused-ring (bicyclic) bond motifs is 2. The Labute approximate surface area is 528 Å². The second-order valence-corrected chi connectivity index (χ2v) is 24.0. The van der Waals surface area contributed by atoms with Crippen molar-refractivity contribution >= 4 is 140 Å². The Morgan fingerprint density at radius 1 is 0.581 bits per heavy atom. The van der Waals surface area contributed by atoms with E-state index >= 15 is 0 Å². The third-order valence-corrected chi connectivity index (χ3v) is 15.8. The van der Waals surface area contributed by atoms with E-state index in [1.165, 1.54) is 12.1 Å². The molecule has 32 heteroatoms. The van der Waals surface area contributed by atoms with Gasteiger partial charge in [-0.25, -0.2) is 28.7 Å². The lowest BCUT2D eigenvalue weighted by Crippen LogP contribution is -2.72. The summed E-state index contributed by atoms with van der Waals surface area (Å²) in [5.74, 6) is 3.43. The molecule has 0 atom stereocenters. The number of hydrogen-bond donors (Lipinski definition) is 0. The molecule has 0 unspecified atom stereocenters. The monoisotopic (exact) mass is 1200 g/mol. The summed E-state index contributed by atoms with van der Waals surface area (Å²) in [4.78, 5) is 18.3. The van der Waals surface area contributed by atoms with Crippen LogP contribution in [0.1, 0.15) is 101 Å². The Kier molecular flexibility index (Phi) is 25.3. The van der Waals surface area contributed by atoms with Gasteiger partial charge in [0.2, 0.25) is 0 Å². The summed E-state index contributed by atoms with van der Waals surface area (Å²) in [5, 5.41) is 16.4. The normalized spacial score (nSPS) is 13.1. The Hall–Kier alpha value is -5.33. The van der Waals surface area contributed by atoms with Crippen LogP contribution in [-0.4, -0.2) is 182 Å². The fourth-order valence-electron chi connectivity index (χ4n) is 9.94. The molecule has 0 bridgehead atoms. The molecule has 1 fully saturated rings. The molecule has 7 heterocycles. The molecule has 86 heavy (non-hydrogen) atoms. The molecule has 6 aromatic heterocycles. The minimum absolute atomic E-state index is 0.244. The quantitative estimate of drug-likeness (QED) is 0.100. The lowest BCUT2D eigenvalue weighted by molar-refractivity contribution is 0.00578. The SMILES string of the molecule is COc1cccc(F)c1CCc1ccc(-c2cnc(CC(C)C)nc2C)c2nncn12.COc1cccc(F)c1CCc1ccc(Br)c2nncn12.Cc1nc(CC(C)C)ncc1B1OC(C)(C)C(C)(C)O1.[B]B([B])B(B([B])[B])B(B([B])[B])B([B])[B]. The van der Waals surface area contributed by atoms with Crippen molar-refractivity contribution in [2.75, 3.05) is 14.2 Å². The fourth-order valence-corrected chi connectivity index (χ4v) is 10.3. The first kappa shape index (κ1) is 69.8. The first-order valence-electron chi connectivity index (χ1n) is 28.6. The summed E-state index contributed by atoms with van der Waals surface area (Å²) < 4.78 is 55.6. The van der Waals surface area contributed by atoms with E-state index in [0.717, 1.165) is 79.6 Å². The van der Waals surface area contributed by atoms with Crippen molar-refractivity contribution in [3.05, 3.63) is 147 Å². The lowest BCUT2D eigenvalue weighted by atomic mass is 8.47. The zero-order chi connectivity index (χ0) is 63.4. The van der Waals surface area contributed by atoms with Crippen molar-refractivity contribution < 1.29 is 27.6 Å². The number of aryl methyl sites for hydroxylation is 4. The largest absolute Gasteiger partial charge is 0.498 e. The van der Waals surface area contributed by atoms with Crippen LogP contribution in [0.5, 0.6) is 11.5 Å². The molecule has 0 spiro atoms. The Morgan fingerprint density at radius 2 is 1.01 bits per heavy atom. The maximum Gasteiger partial charge on any atom is 0.498 e. The highest BCUT2D eigenvalue weighted by Gasteiger charge is 2.52. The lowest BCUT2D eigenvalue weighted by Gasteiger charge is -2.34. The second kappa shape index (κ2) is 31.2. The van der Waals surface area contributed by atoms with Crippen LogP contribution in [0.3, 0.4) is 0 Å². The molecule has 420 valence electrons. The van der Waals surface area contributed by atoms with Crippen LogP contribution in [0.25, 0.3) is 22.4 Å². The maximum atomic E-state index is 14.3. The van der Waals surface area contributed by atoms with Crippen LogP contribution >= 0.6 is 15.9 Å². The summed E-state index contributed by atoms with van der Waals surface area (Å²) in [5.41, 5.74) is 8.64. The van der Waals surface area contributed by atoms with Gasteiger partial charge in [-0.15, -0.1) is 20.4 Å². The van der Waals surface area contributed by atoms with Gasteiger partial charge in [0.1, 0.15) is 47.4 Å². The number of methoxy groups -OCH3 is 2. The average Bonchev–Trinajstić information content (AvgIpc) is 1.73. The van der Waals surface area contributed by atoms with Crippen LogP contribution in [0.4, 0.5) is 8.78 Å². The van der Waals surface area contributed by atoms with Crippen LogP contribution in [0, 0.1) is 37.3 Å². The highest BCUT2D eigenvalue weighted by Crippen LogP contribution is 2.37. The minimum atomic E-state index is -0.760. The van der Waals surface area contributed by atoms with Gasteiger partial charge in [-0.3, -0.25) is 8.80 Å². The fraction of sp³-hybridized carbons (Fsp3) is 0.407. The summed E-state index contributed by atoms with van der Waals surface area (Å²) in [7, 11) is 46.8. The van der Waals surface area contributed by atoms with Crippen LogP contribution in [0.15, 0.2) is 90.2 Å². The van der Waals surface area contributed by atoms with E-state index < -0.39 is 38.3 Å². The molecule has 1 saturated heterocycles. The number of halogens is 3. The van der Waals surface area contributed by atoms with Gasteiger partial charge in [-0.1, -0.05) is 39.8 Å². The topological polar surface area (TPSA) is 149 Å². The standard InChI is InChI=1S/C24H26FN5O.C15H25BN2O2.C15H13BrFN3O.B14/c1-15(2)12-23-26-13-20(16(3)28-23)18-10-8-17(30-14-27-29-24(18)30)9-11-19-21(25)6-5-7-22(19)31-4;1-10(2)8-13-17-9-12(11(3)18-13)16-19-14(4,5)15(6,7)20-16;1-21-14-4-2-3-13(17)11(14)7-5-10-6-8-12(16)15-19-18-9-20(10)15;1-9(2)13(10(3)4)14(11(5)6)12(7)8/h5-8,10,13-15H,9,11-12H2,1-4H3;9-10H,8H2,1-7H3;2-4,6,8-9H,5,7H2,1H3;. The maximum absolute atomic E-state index is 14.3. The number of aromatic nitrogens is 10. The third-order valence-electron chi connectivity index (χ3n) is 15.2. The first-order valence-corrected chi connectivity index (χ1v) is 29.4. The third kappa shape index (κ3) is 17.7. The predicted molar refractivity (Wildman–Crippen MR) is 360 cm³/mol. The number of ether oxygens (including phenoxy) is 2. The molecular weight excluding hydrogens is 1130 g/mol. The summed E-state index contributed by atoms with van der Waals surface area (Å²) >= 11 is 3.44. The van der Waals surface area contributed by atoms with E-state index in [0.29, 0.717) is 60.1 Å². The molecule has 1 aliphatic heterocycles. The van der Waals surface area contributed by atoms with Gasteiger partial charge in [-0.2, -0.15) is 0 Å². The van der Waals surface area contributed by atoms with Gasteiger partial charge in [0.25, 0.3) is 0 Å². The molecule has 1 aliphatic rings. The second-order valence-electron chi connectivity index (χ2n) is 23.2. The molecular formula is C54H64B15BrF2N10O4. The minimum Gasteiger partial charge on any atom is -0.496 e. The van der Waals surface area contributed by atoms with Gasteiger partial charge in [0.15, 0.2) is 11.3 Å². The van der Waals surface area contributed by atoms with Crippen molar-refractivity contribution in [3.63, 3.8) is 0 Å². The van der Waals surface area contributed by atoms with Gasteiger partial charge >= 0.3 is 7.12 Å². The van der Waals surface area contributed by atoms with Crippen molar-refractivity contribution in [2.24, 2.45) is 11.8 Å². The van der Waals surface area contributed by atoms with Crippen LogP contribution in [0.2, 0.25) is 0 Å². The average molecular weight is 1200 g/mol. The summed E-state index contributed by atoms with van der Waals surface area (Å²) in [6, 6.07) is 17.7. The molecule has 14 nitrogen and oxygen atoms in total. The molecule has 0 saturated carbocycles. The van der Waals surface area contributed by atoms with Crippen molar-refractivity contribution in [1.82, 2.24) is 49.1 Å². The predicted octanol–water partition coefficient (Wildman–Crippen LogP) is 5.00. The van der Waals surface area contributed by atoms with E-state index in [9.17, 15) is 8.78 Å². The number of nitrogens with zero attached hydrogens (tertiary/aromatic N) is 10. The van der Waals surface area contributed by atoms with E-state index in [4.69, 9.17) is 80.7 Å². The van der Waals surface area contributed by atoms with E-state index in [1.807, 2.05) is 59.3 Å². The van der Waals surface area contributed by atoms with E-state index in [1.54, 1.807) is 51.1 Å². The number of hydrogen-bond acceptors (Lipinski definition) is 12. The van der Waals surface area contributed by atoms with Gasteiger partial charge in [0.05, 0.1) is 29.9 Å². The zero-order valence-electron chi connectivity index (χ0n) is 51.4. The van der Waals surface area contributed by atoms with Gasteiger partial charge in [-0.05, 0) is 144 Å². The van der Waals surface area contributed by atoms with E-state index in [-0.39, 0.29) is 30.0 Å². The van der Waals surface area contributed by atoms with E-state index in [2.05, 4.69) is 112 Å². The van der Waals surface area contributed by atoms with Gasteiger partial charge in [0, 0.05) is 176 Å². The summed E-state index contributed by atoms with van der Waals surface area (Å²) in [6.07, 6.45) is 7.07. The summed E-state index contributed by atoms with van der Waals surface area (Å²) in [6.45, 7) is 20.8. The first-order chi connectivity index (χ1) is 40.6. The molecule has 16 radical (unpaired) electrons. The van der Waals surface area contributed by atoms with Crippen molar-refractivity contribution in [2.45, 2.75) is 119 Å². The molecule has 0 aliphatic carbocycles. The zero-order valence-corrected chi connectivity index (χ0v) is 53.0. The Morgan fingerprint density at radius 3 is 1.44 bits per heavy atom. The highest BCUT2D eigenvalue weighted by atomic mass is 79.9. The Bertz CT molecular complexity index is 3470. The van der Waals surface area contributed by atoms with Gasteiger partial charge < -0.3 is 18.8 Å². The molecule has 0 N–H and O–H groups in total. The highest BCUT2D eigenvalue weighted by molar-refractivity contribution is 9.10. The number of rotatable bonds is 19. The van der Waals surface area contributed by atoms with Crippen LogP contribution in [-0.2, 0) is 47.8 Å². The molecule has 0 amide bonds. The van der Waals surface area contributed by atoms with Crippen molar-refractivity contribution in [3.8, 4) is 22.6 Å². The molecule has 2 aromatic carbocycles. The van der Waals surface area contributed by atoms with Crippen molar-refractivity contribution in [1.29, 1.82) is 0 Å². The Balaban J connectivity index is 0.000000191. The molecule has 9 rings (SSSR count). The van der Waals surface area contributed by atoms with Crippen LogP contribution < -0.4 is 14.9 Å². The number of pyridine rings is 2. The number of benzene rings is 2.